The first-order chi connectivity index (χ1) is 14.3. The third-order valence-electron chi connectivity index (χ3n) is 5.21. The number of thiazole rings is 1. The normalized spacial score (nSPS) is 13.3. The number of nitrogens with zero attached hydrogens (tertiary/aromatic N) is 2. The van der Waals surface area contributed by atoms with Crippen molar-refractivity contribution < 1.29 is 9.53 Å². The van der Waals surface area contributed by atoms with Crippen molar-refractivity contribution in [3.05, 3.63) is 53.9 Å². The molecule has 0 saturated carbocycles. The van der Waals surface area contributed by atoms with Crippen molar-refractivity contribution >= 4 is 22.9 Å². The number of anilines is 1. The summed E-state index contributed by atoms with van der Waals surface area (Å²) in [7, 11) is 0. The van der Waals surface area contributed by atoms with Gasteiger partial charge in [-0.15, -0.1) is 11.3 Å². The summed E-state index contributed by atoms with van der Waals surface area (Å²) in [5, 5.41) is 3.07. The topological polar surface area (TPSA) is 42.4 Å². The first-order valence-corrected chi connectivity index (χ1v) is 11.2. The minimum Gasteiger partial charge on any atom is -0.482 e. The lowest BCUT2D eigenvalue weighted by Crippen LogP contribution is -2.39. The smallest absolute Gasteiger partial charge is 0.265 e. The highest BCUT2D eigenvalue weighted by Crippen LogP contribution is 2.37. The summed E-state index contributed by atoms with van der Waals surface area (Å²) < 4.78 is 5.67. The van der Waals surface area contributed by atoms with Crippen LogP contribution in [0.2, 0.25) is 0 Å². The number of hydrogen-bond acceptors (Lipinski definition) is 4. The molecule has 0 N–H and O–H groups in total. The van der Waals surface area contributed by atoms with Crippen molar-refractivity contribution in [3.63, 3.8) is 0 Å². The largest absolute Gasteiger partial charge is 0.482 e. The number of aromatic nitrogens is 1. The monoisotopic (exact) mass is 406 g/mol. The molecule has 0 radical (unpaired) electrons. The highest BCUT2D eigenvalue weighted by Gasteiger charge is 2.25. The van der Waals surface area contributed by atoms with Crippen LogP contribution in [-0.2, 0) is 4.79 Å². The lowest BCUT2D eigenvalue weighted by Gasteiger charge is -2.29. The van der Waals surface area contributed by atoms with Crippen LogP contribution in [0.3, 0.4) is 0 Å². The highest BCUT2D eigenvalue weighted by molar-refractivity contribution is 7.13. The molecule has 2 aromatic carbocycles. The van der Waals surface area contributed by atoms with Gasteiger partial charge in [-0.3, -0.25) is 4.79 Å². The molecule has 1 aliphatic heterocycles. The van der Waals surface area contributed by atoms with Gasteiger partial charge in [0.1, 0.15) is 10.8 Å². The van der Waals surface area contributed by atoms with Gasteiger partial charge in [0.2, 0.25) is 0 Å². The van der Waals surface area contributed by atoms with E-state index in [0.717, 1.165) is 52.7 Å². The molecule has 0 atom stereocenters. The fourth-order valence-corrected chi connectivity index (χ4v) is 4.43. The van der Waals surface area contributed by atoms with Crippen LogP contribution < -0.4 is 9.64 Å². The fraction of sp³-hybridized carbons (Fsp3) is 0.333. The number of rotatable bonds is 8. The molecule has 0 saturated heterocycles. The minimum absolute atomic E-state index is 0.0355. The summed E-state index contributed by atoms with van der Waals surface area (Å²) in [5.41, 5.74) is 3.92. The van der Waals surface area contributed by atoms with Crippen LogP contribution in [0.1, 0.15) is 39.0 Å². The Morgan fingerprint density at radius 3 is 2.69 bits per heavy atom. The number of carbonyl (C=O) groups excluding carboxylic acids is 1. The maximum Gasteiger partial charge on any atom is 0.265 e. The number of hydrogen-bond donors (Lipinski definition) is 0. The van der Waals surface area contributed by atoms with E-state index in [1.807, 2.05) is 41.3 Å². The summed E-state index contributed by atoms with van der Waals surface area (Å²) in [6, 6.07) is 16.2. The summed E-state index contributed by atoms with van der Waals surface area (Å²) in [4.78, 5) is 19.2. The summed E-state index contributed by atoms with van der Waals surface area (Å²) in [6.45, 7) is 3.08. The quantitative estimate of drug-likeness (QED) is 0.420. The van der Waals surface area contributed by atoms with Crippen molar-refractivity contribution in [2.75, 3.05) is 18.1 Å². The number of amides is 1. The molecule has 150 valence electrons. The molecule has 1 aliphatic rings. The molecule has 5 heteroatoms. The number of benzene rings is 2. The van der Waals surface area contributed by atoms with E-state index in [-0.39, 0.29) is 12.5 Å². The van der Waals surface area contributed by atoms with Gasteiger partial charge in [0.05, 0.1) is 11.4 Å². The second-order valence-electron chi connectivity index (χ2n) is 7.33. The van der Waals surface area contributed by atoms with Gasteiger partial charge in [0.15, 0.2) is 6.61 Å². The molecule has 1 amide bonds. The Kier molecular flexibility index (Phi) is 6.25. The zero-order valence-corrected chi connectivity index (χ0v) is 17.6. The summed E-state index contributed by atoms with van der Waals surface area (Å²) in [6.07, 6.45) is 5.87. The van der Waals surface area contributed by atoms with Crippen LogP contribution >= 0.6 is 11.3 Å². The summed E-state index contributed by atoms with van der Waals surface area (Å²) in [5.74, 6) is 0.814. The maximum absolute atomic E-state index is 12.5. The average Bonchev–Trinajstić information content (AvgIpc) is 3.25. The number of fused-ring (bicyclic) bond motifs is 1. The van der Waals surface area contributed by atoms with E-state index >= 15 is 0 Å². The van der Waals surface area contributed by atoms with Gasteiger partial charge in [-0.05, 0) is 24.6 Å². The molecule has 4 rings (SSSR count). The van der Waals surface area contributed by atoms with Crippen molar-refractivity contribution in [2.24, 2.45) is 0 Å². The van der Waals surface area contributed by atoms with Crippen LogP contribution in [0.5, 0.6) is 5.75 Å². The van der Waals surface area contributed by atoms with Gasteiger partial charge in [-0.25, -0.2) is 4.98 Å². The first-order valence-electron chi connectivity index (χ1n) is 10.3. The third kappa shape index (κ3) is 4.51. The Balaban J connectivity index is 1.55. The molecule has 0 bridgehead atoms. The van der Waals surface area contributed by atoms with Crippen LogP contribution in [-0.4, -0.2) is 24.0 Å². The van der Waals surface area contributed by atoms with Crippen molar-refractivity contribution in [2.45, 2.75) is 39.0 Å². The Morgan fingerprint density at radius 2 is 1.86 bits per heavy atom. The number of ether oxygens (including phenoxy) is 1. The molecule has 4 nitrogen and oxygen atoms in total. The Hall–Kier alpha value is -2.66. The predicted octanol–water partition coefficient (Wildman–Crippen LogP) is 6.17. The lowest BCUT2D eigenvalue weighted by molar-refractivity contribution is -0.121. The van der Waals surface area contributed by atoms with Crippen molar-refractivity contribution in [1.29, 1.82) is 0 Å². The molecular weight excluding hydrogens is 380 g/mol. The molecule has 2 heterocycles. The van der Waals surface area contributed by atoms with Gasteiger partial charge in [-0.2, -0.15) is 0 Å². The minimum atomic E-state index is 0.0355. The summed E-state index contributed by atoms with van der Waals surface area (Å²) >= 11 is 1.63. The zero-order chi connectivity index (χ0) is 20.1. The molecule has 0 unspecified atom stereocenters. The van der Waals surface area contributed by atoms with Crippen LogP contribution in [0, 0.1) is 0 Å². The van der Waals surface area contributed by atoms with E-state index in [1.165, 1.54) is 19.3 Å². The van der Waals surface area contributed by atoms with Gasteiger partial charge >= 0.3 is 0 Å². The van der Waals surface area contributed by atoms with Gasteiger partial charge in [0.25, 0.3) is 5.91 Å². The number of unbranched alkanes of at least 4 members (excludes halogenated alkanes) is 4. The van der Waals surface area contributed by atoms with E-state index in [9.17, 15) is 4.79 Å². The molecular formula is C24H26N2O2S. The van der Waals surface area contributed by atoms with E-state index in [4.69, 9.17) is 9.72 Å². The highest BCUT2D eigenvalue weighted by atomic mass is 32.1. The molecule has 0 spiro atoms. The van der Waals surface area contributed by atoms with Crippen molar-refractivity contribution in [1.82, 2.24) is 4.98 Å². The fourth-order valence-electron chi connectivity index (χ4n) is 3.60. The first kappa shape index (κ1) is 19.6. The maximum atomic E-state index is 12.5. The van der Waals surface area contributed by atoms with Gasteiger partial charge < -0.3 is 9.64 Å². The Morgan fingerprint density at radius 1 is 1.03 bits per heavy atom. The van der Waals surface area contributed by atoms with E-state index in [2.05, 4.69) is 24.4 Å². The van der Waals surface area contributed by atoms with Gasteiger partial charge in [-0.1, -0.05) is 62.9 Å². The molecule has 29 heavy (non-hydrogen) atoms. The van der Waals surface area contributed by atoms with E-state index in [0.29, 0.717) is 0 Å². The molecule has 0 aliphatic carbocycles. The Bertz CT molecular complexity index is 968. The molecule has 0 fully saturated rings. The van der Waals surface area contributed by atoms with E-state index < -0.39 is 0 Å². The van der Waals surface area contributed by atoms with E-state index in [1.54, 1.807) is 11.3 Å². The third-order valence-corrected chi connectivity index (χ3v) is 6.10. The molecule has 3 aromatic rings. The second-order valence-corrected chi connectivity index (χ2v) is 8.19. The Labute approximate surface area is 176 Å². The SMILES string of the molecule is CCCCCCCN1C(=O)COc2ccc(-c3csc(-c4ccccc4)n3)cc21. The standard InChI is InChI=1S/C24H26N2O2S/c1-2-3-4-5-9-14-26-21-15-19(12-13-22(21)28-16-23(26)27)20-17-29-24(25-20)18-10-7-6-8-11-18/h6-8,10-13,15,17H,2-5,9,14,16H2,1H3. The van der Waals surface area contributed by atoms with Crippen LogP contribution in [0.4, 0.5) is 5.69 Å². The number of carbonyl (C=O) groups is 1. The lowest BCUT2D eigenvalue weighted by atomic mass is 10.1. The predicted molar refractivity (Wildman–Crippen MR) is 120 cm³/mol. The van der Waals surface area contributed by atoms with Crippen LogP contribution in [0.25, 0.3) is 21.8 Å². The van der Waals surface area contributed by atoms with Crippen molar-refractivity contribution in [3.8, 4) is 27.6 Å². The molecule has 1 aromatic heterocycles. The average molecular weight is 407 g/mol. The zero-order valence-electron chi connectivity index (χ0n) is 16.8. The van der Waals surface area contributed by atoms with Gasteiger partial charge in [0, 0.05) is 23.1 Å². The second kappa shape index (κ2) is 9.23. The van der Waals surface area contributed by atoms with Crippen LogP contribution in [0.15, 0.2) is 53.9 Å².